The molecule has 3 aromatic heterocycles. The molecule has 6 aromatic rings. The van der Waals surface area contributed by atoms with Crippen LogP contribution in [0.15, 0.2) is 116 Å². The molecule has 0 spiro atoms. The Morgan fingerprint density at radius 3 is 2.44 bits per heavy atom. The van der Waals surface area contributed by atoms with E-state index in [-0.39, 0.29) is 21.1 Å². The summed E-state index contributed by atoms with van der Waals surface area (Å²) in [7, 11) is 0. The Morgan fingerprint density at radius 2 is 1.59 bits per heavy atom. The molecule has 0 radical (unpaired) electrons. The predicted molar refractivity (Wildman–Crippen MR) is 131 cm³/mol. The number of nitrogens with zero attached hydrogens (tertiary/aromatic N) is 5. The van der Waals surface area contributed by atoms with Crippen LogP contribution in [-0.2, 0) is 21.1 Å². The largest absolute Gasteiger partial charge is 2.00 e. The van der Waals surface area contributed by atoms with Gasteiger partial charge in [0.1, 0.15) is 5.82 Å². The first-order valence-corrected chi connectivity index (χ1v) is 10.7. The zero-order chi connectivity index (χ0) is 22.0. The topological polar surface area (TPSA) is 38.9 Å². The van der Waals surface area contributed by atoms with Gasteiger partial charge in [-0.15, -0.1) is 30.5 Å². The molecule has 6 rings (SSSR count). The van der Waals surface area contributed by atoms with E-state index in [4.69, 9.17) is 4.98 Å². The van der Waals surface area contributed by atoms with Crippen molar-refractivity contribution in [3.05, 3.63) is 128 Å². The van der Waals surface area contributed by atoms with Crippen LogP contribution in [0, 0.1) is 12.3 Å². The second-order valence-electron chi connectivity index (χ2n) is 7.57. The van der Waals surface area contributed by atoms with Gasteiger partial charge >= 0.3 is 21.1 Å². The van der Waals surface area contributed by atoms with Gasteiger partial charge in [-0.1, -0.05) is 60.4 Å². The zero-order valence-corrected chi connectivity index (χ0v) is 20.3. The summed E-state index contributed by atoms with van der Waals surface area (Å²) in [5.41, 5.74) is 3.78. The van der Waals surface area contributed by atoms with Gasteiger partial charge in [-0.25, -0.2) is 0 Å². The van der Waals surface area contributed by atoms with E-state index in [9.17, 15) is 0 Å². The van der Waals surface area contributed by atoms with Crippen LogP contribution in [0.2, 0.25) is 0 Å². The number of para-hydroxylation sites is 2. The molecular weight excluding hydrogens is 601 g/mol. The number of pyridine rings is 1. The van der Waals surface area contributed by atoms with Crippen molar-refractivity contribution in [1.82, 2.24) is 19.3 Å². The van der Waals surface area contributed by atoms with E-state index in [1.807, 2.05) is 101 Å². The Morgan fingerprint density at radius 1 is 0.765 bits per heavy atom. The van der Waals surface area contributed by atoms with Crippen LogP contribution >= 0.6 is 0 Å². The number of hydrogen-bond acceptors (Lipinski definition) is 3. The first kappa shape index (κ1) is 21.9. The SMILES string of the molecule is [Pt+2].[c-]1c(N(c2ccccc2)c2cccc(-n3[c-]ccc3)n2)cccc1-n1ncc2ccccc21. The van der Waals surface area contributed by atoms with Gasteiger partial charge in [-0.3, -0.25) is 9.67 Å². The molecule has 3 aromatic carbocycles. The first-order valence-electron chi connectivity index (χ1n) is 10.7. The number of hydrogen-bond donors (Lipinski definition) is 0. The van der Waals surface area contributed by atoms with Gasteiger partial charge in [0.25, 0.3) is 0 Å². The fourth-order valence-corrected chi connectivity index (χ4v) is 3.94. The number of benzene rings is 3. The van der Waals surface area contributed by atoms with Gasteiger partial charge in [0.05, 0.1) is 17.5 Å². The molecule has 0 bridgehead atoms. The Balaban J connectivity index is 0.00000241. The van der Waals surface area contributed by atoms with Gasteiger partial charge in [0.15, 0.2) is 0 Å². The van der Waals surface area contributed by atoms with E-state index in [1.54, 1.807) is 0 Å². The molecule has 0 fully saturated rings. The van der Waals surface area contributed by atoms with Gasteiger partial charge in [0, 0.05) is 11.1 Å². The average Bonchev–Trinajstić information content (AvgIpc) is 3.56. The second-order valence-corrected chi connectivity index (χ2v) is 7.57. The fourth-order valence-electron chi connectivity index (χ4n) is 3.94. The van der Waals surface area contributed by atoms with Crippen LogP contribution in [0.1, 0.15) is 0 Å². The predicted octanol–water partition coefficient (Wildman–Crippen LogP) is 6.28. The van der Waals surface area contributed by atoms with Crippen molar-refractivity contribution in [1.29, 1.82) is 0 Å². The molecule has 0 aliphatic heterocycles. The number of anilines is 3. The molecule has 0 aliphatic carbocycles. The van der Waals surface area contributed by atoms with Crippen molar-refractivity contribution in [3.63, 3.8) is 0 Å². The van der Waals surface area contributed by atoms with E-state index >= 15 is 0 Å². The number of rotatable bonds is 5. The van der Waals surface area contributed by atoms with E-state index < -0.39 is 0 Å². The van der Waals surface area contributed by atoms with Gasteiger partial charge in [-0.05, 0) is 30.0 Å². The summed E-state index contributed by atoms with van der Waals surface area (Å²) in [4.78, 5) is 7.03. The maximum absolute atomic E-state index is 4.93. The van der Waals surface area contributed by atoms with Crippen molar-refractivity contribution in [2.24, 2.45) is 0 Å². The maximum Gasteiger partial charge on any atom is 2.00 e. The molecular formula is C28H19N5Pt. The van der Waals surface area contributed by atoms with Crippen molar-refractivity contribution in [2.45, 2.75) is 0 Å². The minimum absolute atomic E-state index is 0. The van der Waals surface area contributed by atoms with Gasteiger partial charge < -0.3 is 9.47 Å². The third kappa shape index (κ3) is 4.07. The number of fused-ring (bicyclic) bond motifs is 1. The summed E-state index contributed by atoms with van der Waals surface area (Å²) < 4.78 is 3.79. The third-order valence-electron chi connectivity index (χ3n) is 5.47. The third-order valence-corrected chi connectivity index (χ3v) is 5.47. The molecule has 0 saturated carbocycles. The summed E-state index contributed by atoms with van der Waals surface area (Å²) in [6.45, 7) is 0. The molecule has 0 atom stereocenters. The Labute approximate surface area is 212 Å². The van der Waals surface area contributed by atoms with E-state index in [0.717, 1.165) is 39.6 Å². The minimum atomic E-state index is 0. The molecule has 0 amide bonds. The van der Waals surface area contributed by atoms with E-state index in [1.165, 1.54) is 0 Å². The quantitative estimate of drug-likeness (QED) is 0.213. The van der Waals surface area contributed by atoms with Gasteiger partial charge in [0.2, 0.25) is 0 Å². The molecule has 0 aliphatic rings. The molecule has 0 unspecified atom stereocenters. The van der Waals surface area contributed by atoms with Crippen LogP contribution in [0.25, 0.3) is 22.4 Å². The monoisotopic (exact) mass is 620 g/mol. The smallest absolute Gasteiger partial charge is 0.436 e. The second kappa shape index (κ2) is 9.50. The van der Waals surface area contributed by atoms with E-state index in [2.05, 4.69) is 46.5 Å². The summed E-state index contributed by atoms with van der Waals surface area (Å²) >= 11 is 0. The standard InChI is InChI=1S/C28H19N5.Pt/c1-2-11-23(12-3-1)32(28-17-9-16-27(30-28)31-18-6-7-19-31)24-13-8-14-25(20-24)33-26-15-5-4-10-22(26)21-29-33;/h1-18,21H;/q-2;+2. The maximum atomic E-state index is 4.93. The Hall–Kier alpha value is -3.95. The van der Waals surface area contributed by atoms with Crippen molar-refractivity contribution in [2.75, 3.05) is 4.90 Å². The van der Waals surface area contributed by atoms with Crippen LogP contribution in [0.4, 0.5) is 17.2 Å². The first-order chi connectivity index (χ1) is 16.4. The van der Waals surface area contributed by atoms with Crippen molar-refractivity contribution in [3.8, 4) is 11.5 Å². The summed E-state index contributed by atoms with van der Waals surface area (Å²) in [5, 5.41) is 5.69. The van der Waals surface area contributed by atoms with Crippen LogP contribution in [0.3, 0.4) is 0 Å². The zero-order valence-electron chi connectivity index (χ0n) is 18.0. The molecule has 34 heavy (non-hydrogen) atoms. The molecule has 0 saturated heterocycles. The molecule has 3 heterocycles. The van der Waals surface area contributed by atoms with Crippen LogP contribution < -0.4 is 4.90 Å². The van der Waals surface area contributed by atoms with Crippen LogP contribution in [0.5, 0.6) is 0 Å². The molecule has 5 nitrogen and oxygen atoms in total. The van der Waals surface area contributed by atoms with E-state index in [0.29, 0.717) is 0 Å². The van der Waals surface area contributed by atoms with Crippen molar-refractivity contribution < 1.29 is 21.1 Å². The van der Waals surface area contributed by atoms with Crippen LogP contribution in [-0.4, -0.2) is 19.3 Å². The summed E-state index contributed by atoms with van der Waals surface area (Å²) in [5.74, 6) is 1.59. The minimum Gasteiger partial charge on any atom is -0.436 e. The molecule has 0 N–H and O–H groups in total. The Kier molecular flexibility index (Phi) is 6.11. The number of aromatic nitrogens is 4. The molecule has 166 valence electrons. The molecule has 6 heteroatoms. The summed E-state index contributed by atoms with van der Waals surface area (Å²) in [6.07, 6.45) is 6.98. The summed E-state index contributed by atoms with van der Waals surface area (Å²) in [6, 6.07) is 37.8. The Bertz CT molecular complexity index is 1520. The normalized spacial score (nSPS) is 10.7. The average molecular weight is 621 g/mol. The fraction of sp³-hybridized carbons (Fsp3) is 0. The van der Waals surface area contributed by atoms with Gasteiger partial charge in [-0.2, -0.15) is 17.2 Å². The van der Waals surface area contributed by atoms with Crippen molar-refractivity contribution >= 4 is 28.1 Å².